The minimum atomic E-state index is -0.313. The molecule has 134 valence electrons. The Labute approximate surface area is 148 Å². The van der Waals surface area contributed by atoms with E-state index in [-0.39, 0.29) is 17.6 Å². The van der Waals surface area contributed by atoms with E-state index in [1.165, 1.54) is 11.3 Å². The van der Waals surface area contributed by atoms with Gasteiger partial charge in [-0.05, 0) is 30.5 Å². The minimum Gasteiger partial charge on any atom is -0.376 e. The average molecular weight is 342 g/mol. The molecule has 1 unspecified atom stereocenters. The van der Waals surface area contributed by atoms with Gasteiger partial charge in [0.15, 0.2) is 0 Å². The van der Waals surface area contributed by atoms with Crippen LogP contribution in [0.3, 0.4) is 0 Å². The maximum absolute atomic E-state index is 11.7. The van der Waals surface area contributed by atoms with Crippen molar-refractivity contribution in [3.05, 3.63) is 41.6 Å². The van der Waals surface area contributed by atoms with Crippen LogP contribution >= 0.6 is 0 Å². The molecular weight excluding hydrogens is 316 g/mol. The van der Waals surface area contributed by atoms with Gasteiger partial charge in [-0.25, -0.2) is 10.2 Å². The maximum Gasteiger partial charge on any atom is 0.335 e. The fraction of sp³-hybridized carbons (Fsp3) is 0.474. The molecule has 2 aliphatic heterocycles. The third kappa shape index (κ3) is 3.69. The molecule has 1 aromatic carbocycles. The van der Waals surface area contributed by atoms with Gasteiger partial charge in [-0.15, -0.1) is 0 Å². The minimum absolute atomic E-state index is 0.0978. The highest BCUT2D eigenvalue weighted by Crippen LogP contribution is 2.46. The molecule has 0 radical (unpaired) electrons. The average Bonchev–Trinajstić information content (AvgIpc) is 3.18. The van der Waals surface area contributed by atoms with Crippen LogP contribution in [0.5, 0.6) is 0 Å². The molecule has 2 heterocycles. The van der Waals surface area contributed by atoms with Crippen molar-refractivity contribution in [2.45, 2.75) is 38.2 Å². The van der Waals surface area contributed by atoms with Gasteiger partial charge < -0.3 is 15.0 Å². The molecular formula is C19H26N4O2. The number of ether oxygens (including phenoxy) is 1. The van der Waals surface area contributed by atoms with Gasteiger partial charge in [0.1, 0.15) is 0 Å². The first kappa shape index (κ1) is 17.5. The Morgan fingerprint density at radius 3 is 2.96 bits per heavy atom. The lowest BCUT2D eigenvalue weighted by Gasteiger charge is -2.23. The summed E-state index contributed by atoms with van der Waals surface area (Å²) in [7, 11) is 2.05. The van der Waals surface area contributed by atoms with Crippen molar-refractivity contribution in [3.8, 4) is 0 Å². The number of urea groups is 1. The highest BCUT2D eigenvalue weighted by molar-refractivity contribution is 5.81. The number of nitrogens with zero attached hydrogens (tertiary/aromatic N) is 2. The quantitative estimate of drug-likeness (QED) is 0.653. The molecule has 0 bridgehead atoms. The van der Waals surface area contributed by atoms with Crippen LogP contribution in [0.15, 0.2) is 41.1 Å². The van der Waals surface area contributed by atoms with Crippen LogP contribution in [-0.4, -0.2) is 38.5 Å². The smallest absolute Gasteiger partial charge is 0.335 e. The molecule has 6 heteroatoms. The second kappa shape index (κ2) is 7.27. The molecule has 2 N–H and O–H groups in total. The Morgan fingerprint density at radius 2 is 2.24 bits per heavy atom. The van der Waals surface area contributed by atoms with E-state index in [9.17, 15) is 4.79 Å². The second-order valence-electron chi connectivity index (χ2n) is 6.99. The summed E-state index contributed by atoms with van der Waals surface area (Å²) in [5, 5.41) is 6.78. The lowest BCUT2D eigenvalue weighted by atomic mass is 9.84. The summed E-state index contributed by atoms with van der Waals surface area (Å²) in [6.45, 7) is 5.69. The molecule has 25 heavy (non-hydrogen) atoms. The van der Waals surface area contributed by atoms with Gasteiger partial charge >= 0.3 is 6.03 Å². The van der Waals surface area contributed by atoms with Gasteiger partial charge in [0.05, 0.1) is 6.10 Å². The van der Waals surface area contributed by atoms with Crippen molar-refractivity contribution < 1.29 is 9.53 Å². The lowest BCUT2D eigenvalue weighted by molar-refractivity contribution is 0.111. The zero-order valence-electron chi connectivity index (χ0n) is 15.1. The number of anilines is 1. The highest BCUT2D eigenvalue weighted by Gasteiger charge is 2.37. The summed E-state index contributed by atoms with van der Waals surface area (Å²) >= 11 is 0. The summed E-state index contributed by atoms with van der Waals surface area (Å²) in [5.41, 5.74) is 6.03. The van der Waals surface area contributed by atoms with E-state index in [0.29, 0.717) is 6.54 Å². The number of carbonyl (C=O) groups excluding carboxylic acids is 1. The third-order valence-corrected chi connectivity index (χ3v) is 4.93. The van der Waals surface area contributed by atoms with Gasteiger partial charge in [-0.3, -0.25) is 0 Å². The van der Waals surface area contributed by atoms with Gasteiger partial charge in [0.2, 0.25) is 0 Å². The first-order valence-corrected chi connectivity index (χ1v) is 8.72. The van der Waals surface area contributed by atoms with Gasteiger partial charge in [-0.2, -0.15) is 5.10 Å². The third-order valence-electron chi connectivity index (χ3n) is 4.93. The summed E-state index contributed by atoms with van der Waals surface area (Å²) in [5.74, 6) is 0. The molecule has 3 rings (SSSR count). The zero-order chi connectivity index (χ0) is 17.9. The van der Waals surface area contributed by atoms with E-state index >= 15 is 0 Å². The second-order valence-corrected chi connectivity index (χ2v) is 6.99. The summed E-state index contributed by atoms with van der Waals surface area (Å²) in [6.07, 6.45) is 5.76. The first-order chi connectivity index (χ1) is 12.0. The van der Waals surface area contributed by atoms with E-state index in [0.717, 1.165) is 25.1 Å². The molecule has 2 amide bonds. The van der Waals surface area contributed by atoms with Crippen molar-refractivity contribution in [3.63, 3.8) is 0 Å². The van der Waals surface area contributed by atoms with E-state index in [4.69, 9.17) is 4.74 Å². The number of fused-ring (bicyclic) bond motifs is 1. The van der Waals surface area contributed by atoms with Crippen molar-refractivity contribution in [2.75, 3.05) is 25.1 Å². The van der Waals surface area contributed by atoms with Crippen molar-refractivity contribution >= 4 is 17.9 Å². The number of para-hydroxylation sites is 1. The molecule has 0 aromatic heterocycles. The Hall–Kier alpha value is -2.34. The Morgan fingerprint density at radius 1 is 1.44 bits per heavy atom. The maximum atomic E-state index is 11.7. The van der Waals surface area contributed by atoms with E-state index in [1.54, 1.807) is 6.21 Å². The predicted molar refractivity (Wildman–Crippen MR) is 100.0 cm³/mol. The molecule has 2 aliphatic rings. The molecule has 1 aromatic rings. The number of allylic oxidation sites excluding steroid dienone is 2. The highest BCUT2D eigenvalue weighted by atomic mass is 16.5. The van der Waals surface area contributed by atoms with Crippen LogP contribution in [0.2, 0.25) is 0 Å². The number of hydrogen-bond donors (Lipinski definition) is 2. The summed E-state index contributed by atoms with van der Waals surface area (Å²) < 4.78 is 5.47. The van der Waals surface area contributed by atoms with E-state index in [2.05, 4.69) is 59.8 Å². The topological polar surface area (TPSA) is 66.0 Å². The fourth-order valence-corrected chi connectivity index (χ4v) is 3.56. The van der Waals surface area contributed by atoms with Crippen molar-refractivity contribution in [1.29, 1.82) is 0 Å². The van der Waals surface area contributed by atoms with E-state index < -0.39 is 0 Å². The number of hydrazone groups is 1. The van der Waals surface area contributed by atoms with Gasteiger partial charge in [-0.1, -0.05) is 32.0 Å². The van der Waals surface area contributed by atoms with Crippen LogP contribution in [-0.2, 0) is 10.2 Å². The van der Waals surface area contributed by atoms with E-state index in [1.807, 2.05) is 12.1 Å². The summed E-state index contributed by atoms with van der Waals surface area (Å²) in [4.78, 5) is 13.9. The molecule has 0 saturated carbocycles. The number of rotatable bonds is 4. The largest absolute Gasteiger partial charge is 0.376 e. The standard InChI is InChI=1S/C19H26N4O2/c1-19(2)15-8-4-5-9-16(15)23(3)17(19)10-11-21-22-18(24)20-13-14-7-6-12-25-14/h4-5,8-11,14H,6-7,12-13H2,1-3H3,(H2,20,22,24)/b17-10-,21-11+. The number of nitrogens with one attached hydrogen (secondary N) is 2. The Kier molecular flexibility index (Phi) is 5.08. The predicted octanol–water partition coefficient (Wildman–Crippen LogP) is 2.76. The number of amides is 2. The molecule has 1 atom stereocenters. The van der Waals surface area contributed by atoms with Crippen LogP contribution in [0.25, 0.3) is 0 Å². The molecule has 1 fully saturated rings. The molecule has 0 spiro atoms. The van der Waals surface area contributed by atoms with Crippen LogP contribution in [0.1, 0.15) is 32.3 Å². The number of hydrogen-bond acceptors (Lipinski definition) is 4. The van der Waals surface area contributed by atoms with Crippen LogP contribution in [0, 0.1) is 0 Å². The first-order valence-electron chi connectivity index (χ1n) is 8.72. The summed E-state index contributed by atoms with van der Waals surface area (Å²) in [6, 6.07) is 8.06. The Bertz CT molecular complexity index is 690. The zero-order valence-corrected chi connectivity index (χ0v) is 15.1. The fourth-order valence-electron chi connectivity index (χ4n) is 3.56. The normalized spacial score (nSPS) is 23.2. The Balaban J connectivity index is 1.56. The van der Waals surface area contributed by atoms with Crippen LogP contribution in [0.4, 0.5) is 10.5 Å². The van der Waals surface area contributed by atoms with Crippen molar-refractivity contribution in [2.24, 2.45) is 5.10 Å². The molecule has 6 nitrogen and oxygen atoms in total. The monoisotopic (exact) mass is 342 g/mol. The number of likely N-dealkylation sites (N-methyl/N-ethyl adjacent to an activating group) is 1. The number of benzene rings is 1. The number of carbonyl (C=O) groups is 1. The van der Waals surface area contributed by atoms with Crippen LogP contribution < -0.4 is 15.6 Å². The van der Waals surface area contributed by atoms with Gasteiger partial charge in [0.25, 0.3) is 0 Å². The lowest BCUT2D eigenvalue weighted by Crippen LogP contribution is -2.37. The molecule has 0 aliphatic carbocycles. The van der Waals surface area contributed by atoms with Crippen molar-refractivity contribution in [1.82, 2.24) is 10.7 Å². The van der Waals surface area contributed by atoms with Gasteiger partial charge in [0, 0.05) is 43.2 Å². The SMILES string of the molecule is CN1/C(=C\C=N\NC(=O)NCC2CCCO2)C(C)(C)c2ccccc21. The molecule has 1 saturated heterocycles.